The number of rotatable bonds is 8. The molecule has 1 aliphatic rings. The number of carbonyl (C=O) groups is 1. The molecule has 1 N–H and O–H groups in total. The third-order valence-corrected chi connectivity index (χ3v) is 8.32. The number of nitro benzene ring substituents is 1. The second kappa shape index (κ2) is 11.9. The van der Waals surface area contributed by atoms with Gasteiger partial charge in [-0.15, -0.1) is 0 Å². The van der Waals surface area contributed by atoms with Gasteiger partial charge in [-0.3, -0.25) is 14.9 Å². The van der Waals surface area contributed by atoms with Crippen LogP contribution in [-0.2, 0) is 14.9 Å². The lowest BCUT2D eigenvalue weighted by Crippen LogP contribution is -2.19. The first-order valence-corrected chi connectivity index (χ1v) is 14.9. The number of benzene rings is 3. The monoisotopic (exact) mass is 699 g/mol. The third kappa shape index (κ3) is 6.90. The topological polar surface area (TPSA) is 137 Å². The Bertz CT molecular complexity index is 1640. The zero-order valence-corrected chi connectivity index (χ0v) is 24.9. The second-order valence-corrected chi connectivity index (χ2v) is 12.2. The van der Waals surface area contributed by atoms with Crippen LogP contribution in [0.2, 0.25) is 5.02 Å². The Kier molecular flexibility index (Phi) is 8.83. The van der Waals surface area contributed by atoms with E-state index in [9.17, 15) is 23.3 Å². The number of aliphatic imine (C=N–C) groups is 1. The molecule has 202 valence electrons. The molecule has 14 heteroatoms. The summed E-state index contributed by atoms with van der Waals surface area (Å²) in [6, 6.07) is 13.5. The van der Waals surface area contributed by atoms with Crippen LogP contribution in [0, 0.1) is 20.6 Å². The van der Waals surface area contributed by atoms with Gasteiger partial charge in [0.2, 0.25) is 0 Å². The van der Waals surface area contributed by atoms with E-state index in [4.69, 9.17) is 20.5 Å². The normalized spacial score (nSPS) is 15.4. The van der Waals surface area contributed by atoms with Gasteiger partial charge in [0.15, 0.2) is 16.7 Å². The highest BCUT2D eigenvalue weighted by Gasteiger charge is 2.27. The molecule has 3 aromatic rings. The van der Waals surface area contributed by atoms with Crippen molar-refractivity contribution in [2.24, 2.45) is 4.99 Å². The molecule has 0 atom stereocenters. The molecule has 0 unspecified atom stereocenters. The van der Waals surface area contributed by atoms with Crippen LogP contribution in [0.1, 0.15) is 18.1 Å². The maximum Gasteiger partial charge on any atom is 0.339 e. The Labute approximate surface area is 246 Å². The van der Waals surface area contributed by atoms with Gasteiger partial charge in [-0.2, -0.15) is 8.42 Å². The molecule has 4 rings (SSSR count). The minimum absolute atomic E-state index is 0.00399. The second-order valence-electron chi connectivity index (χ2n) is 7.99. The fourth-order valence-corrected chi connectivity index (χ4v) is 6.20. The number of hydrogen-bond donors (Lipinski definition) is 1. The van der Waals surface area contributed by atoms with Crippen molar-refractivity contribution in [1.29, 1.82) is 0 Å². The number of ether oxygens (including phenoxy) is 1. The number of amides is 1. The minimum Gasteiger partial charge on any atom is -0.490 e. The van der Waals surface area contributed by atoms with E-state index in [-0.39, 0.29) is 49.5 Å². The molecule has 1 saturated heterocycles. The molecule has 0 saturated carbocycles. The first-order chi connectivity index (χ1) is 18.5. The quantitative estimate of drug-likeness (QED) is 0.0963. The number of amidine groups is 1. The van der Waals surface area contributed by atoms with Crippen molar-refractivity contribution in [2.45, 2.75) is 18.7 Å². The Morgan fingerprint density at radius 1 is 1.18 bits per heavy atom. The number of aryl methyl sites for hydroxylation is 1. The summed E-state index contributed by atoms with van der Waals surface area (Å²) >= 11 is 8.79. The van der Waals surface area contributed by atoms with Crippen molar-refractivity contribution in [3.63, 3.8) is 0 Å². The zero-order chi connectivity index (χ0) is 28.3. The van der Waals surface area contributed by atoms with Crippen molar-refractivity contribution in [3.8, 4) is 11.5 Å². The highest BCUT2D eigenvalue weighted by Crippen LogP contribution is 2.38. The first-order valence-electron chi connectivity index (χ1n) is 11.2. The highest BCUT2D eigenvalue weighted by atomic mass is 127. The summed E-state index contributed by atoms with van der Waals surface area (Å²) in [6.45, 7) is 3.83. The molecular weight excluding hydrogens is 681 g/mol. The Morgan fingerprint density at radius 2 is 1.90 bits per heavy atom. The molecule has 1 fully saturated rings. The predicted molar refractivity (Wildman–Crippen MR) is 158 cm³/mol. The molecule has 0 spiro atoms. The van der Waals surface area contributed by atoms with E-state index in [1.807, 2.05) is 29.5 Å². The number of nitro groups is 1. The van der Waals surface area contributed by atoms with Crippen molar-refractivity contribution < 1.29 is 27.1 Å². The van der Waals surface area contributed by atoms with Crippen molar-refractivity contribution in [3.05, 3.63) is 89.3 Å². The van der Waals surface area contributed by atoms with E-state index < -0.39 is 20.9 Å². The van der Waals surface area contributed by atoms with E-state index in [0.717, 1.165) is 17.3 Å². The largest absolute Gasteiger partial charge is 0.490 e. The maximum absolute atomic E-state index is 12.9. The fraction of sp³-hybridized carbons (Fsp3) is 0.120. The van der Waals surface area contributed by atoms with E-state index in [1.165, 1.54) is 30.3 Å². The third-order valence-electron chi connectivity index (χ3n) is 5.14. The van der Waals surface area contributed by atoms with Gasteiger partial charge < -0.3 is 14.2 Å². The number of nitrogens with one attached hydrogen (secondary N) is 1. The first kappa shape index (κ1) is 28.9. The van der Waals surface area contributed by atoms with Gasteiger partial charge >= 0.3 is 10.1 Å². The Hall–Kier alpha value is -3.14. The zero-order valence-electron chi connectivity index (χ0n) is 20.3. The van der Waals surface area contributed by atoms with Crippen molar-refractivity contribution >= 4 is 84.6 Å². The summed E-state index contributed by atoms with van der Waals surface area (Å²) in [4.78, 5) is 27.8. The summed E-state index contributed by atoms with van der Waals surface area (Å²) < 4.78 is 37.3. The average molecular weight is 700 g/mol. The molecule has 39 heavy (non-hydrogen) atoms. The lowest BCUT2D eigenvalue weighted by Gasteiger charge is -2.14. The number of nitrogens with zero attached hydrogens (tertiary/aromatic N) is 2. The molecule has 3 aromatic carbocycles. The van der Waals surface area contributed by atoms with Gasteiger partial charge in [-0.1, -0.05) is 29.3 Å². The molecule has 0 bridgehead atoms. The standard InChI is InChI=1S/C25H19ClIN3O7S2/c1-3-36-21-11-15(10-18(27)23(21)37-39(34,35)17-7-4-14(2)5-8-17)12-22-24(31)29-25(38-22)28-19-9-6-16(26)13-20(19)30(32)33/h4-13H,3H2,1-2H3,(H,28,29,31)/b22-12+. The fourth-order valence-electron chi connectivity index (χ4n) is 3.36. The van der Waals surface area contributed by atoms with E-state index in [1.54, 1.807) is 37.3 Å². The number of hydrogen-bond acceptors (Lipinski definition) is 9. The van der Waals surface area contributed by atoms with Crippen LogP contribution in [0.4, 0.5) is 11.4 Å². The summed E-state index contributed by atoms with van der Waals surface area (Å²) in [7, 11) is -4.13. The van der Waals surface area contributed by atoms with E-state index in [2.05, 4.69) is 10.3 Å². The molecule has 0 radical (unpaired) electrons. The minimum atomic E-state index is -4.13. The average Bonchev–Trinajstić information content (AvgIpc) is 3.21. The van der Waals surface area contributed by atoms with Crippen LogP contribution in [-0.4, -0.2) is 31.0 Å². The SMILES string of the molecule is CCOc1cc(/C=C2/SC(=Nc3ccc(Cl)cc3[N+](=O)[O-])NC2=O)cc(I)c1OS(=O)(=O)c1ccc(C)cc1. The van der Waals surface area contributed by atoms with E-state index in [0.29, 0.717) is 9.13 Å². The van der Waals surface area contributed by atoms with Gasteiger partial charge in [0.1, 0.15) is 10.6 Å². The maximum atomic E-state index is 12.9. The van der Waals surface area contributed by atoms with Gasteiger partial charge in [-0.05, 0) is 96.2 Å². The lowest BCUT2D eigenvalue weighted by molar-refractivity contribution is -0.384. The van der Waals surface area contributed by atoms with Gasteiger partial charge in [0.25, 0.3) is 11.6 Å². The van der Waals surface area contributed by atoms with Crippen molar-refractivity contribution in [1.82, 2.24) is 5.32 Å². The molecule has 0 aromatic heterocycles. The number of carbonyl (C=O) groups excluding carboxylic acids is 1. The molecule has 1 amide bonds. The van der Waals surface area contributed by atoms with Gasteiger partial charge in [0.05, 0.1) is 20.0 Å². The Balaban J connectivity index is 1.64. The lowest BCUT2D eigenvalue weighted by atomic mass is 10.2. The molecular formula is C25H19ClIN3O7S2. The van der Waals surface area contributed by atoms with Crippen LogP contribution in [0.3, 0.4) is 0 Å². The number of halogens is 2. The predicted octanol–water partition coefficient (Wildman–Crippen LogP) is 6.22. The van der Waals surface area contributed by atoms with Crippen LogP contribution in [0.25, 0.3) is 6.08 Å². The van der Waals surface area contributed by atoms with Crippen LogP contribution in [0.15, 0.2) is 69.4 Å². The van der Waals surface area contributed by atoms with Gasteiger partial charge in [-0.25, -0.2) is 4.99 Å². The summed E-state index contributed by atoms with van der Waals surface area (Å²) in [5, 5.41) is 14.3. The Morgan fingerprint density at radius 3 is 2.56 bits per heavy atom. The van der Waals surface area contributed by atoms with Crippen LogP contribution in [0.5, 0.6) is 11.5 Å². The summed E-state index contributed by atoms with van der Waals surface area (Å²) in [6.07, 6.45) is 1.57. The molecule has 10 nitrogen and oxygen atoms in total. The molecule has 0 aliphatic carbocycles. The highest BCUT2D eigenvalue weighted by molar-refractivity contribution is 14.1. The summed E-state index contributed by atoms with van der Waals surface area (Å²) in [5.74, 6) is -0.243. The van der Waals surface area contributed by atoms with Gasteiger partial charge in [0, 0.05) is 11.1 Å². The van der Waals surface area contributed by atoms with Crippen LogP contribution < -0.4 is 14.2 Å². The molecule has 1 aliphatic heterocycles. The number of thioether (sulfide) groups is 1. The van der Waals surface area contributed by atoms with E-state index >= 15 is 0 Å². The molecule has 1 heterocycles. The van der Waals surface area contributed by atoms with Crippen LogP contribution >= 0.6 is 46.0 Å². The van der Waals surface area contributed by atoms with Crippen molar-refractivity contribution in [2.75, 3.05) is 6.61 Å². The smallest absolute Gasteiger partial charge is 0.339 e. The summed E-state index contributed by atoms with van der Waals surface area (Å²) in [5.41, 5.74) is 1.19.